The number of nitrogens with one attached hydrogen (secondary N) is 1. The van der Waals surface area contributed by atoms with Gasteiger partial charge in [-0.2, -0.15) is 0 Å². The highest BCUT2D eigenvalue weighted by atomic mass is 32.2. The van der Waals surface area contributed by atoms with Gasteiger partial charge in [-0.05, 0) is 19.8 Å². The Balaban J connectivity index is 1.86. The van der Waals surface area contributed by atoms with Crippen LogP contribution in [-0.2, 0) is 17.8 Å². The van der Waals surface area contributed by atoms with Crippen LogP contribution in [0.5, 0.6) is 5.75 Å². The molecule has 0 radical (unpaired) electrons. The minimum atomic E-state index is -0.775. The molecule has 118 valence electrons. The fourth-order valence-electron chi connectivity index (χ4n) is 2.62. The van der Waals surface area contributed by atoms with Gasteiger partial charge in [0.25, 0.3) is 5.91 Å². The molecule has 1 aliphatic heterocycles. The molecule has 2 N–H and O–H groups in total. The van der Waals surface area contributed by atoms with Crippen LogP contribution >= 0.6 is 0 Å². The van der Waals surface area contributed by atoms with Crippen molar-refractivity contribution >= 4 is 27.9 Å². The molecular formula is C14H18N4O3S. The number of nitrogens with zero attached hydrogens (tertiary/aromatic N) is 3. The third-order valence-electron chi connectivity index (χ3n) is 4.11. The Hall–Kier alpha value is -1.96. The lowest BCUT2D eigenvalue weighted by Gasteiger charge is -2.33. The van der Waals surface area contributed by atoms with E-state index in [1.807, 2.05) is 6.92 Å². The number of aromatic nitrogens is 3. The third kappa shape index (κ3) is 2.70. The Bertz CT molecular complexity index is 761. The van der Waals surface area contributed by atoms with Crippen LogP contribution in [0.15, 0.2) is 12.3 Å². The number of carbonyl (C=O) groups is 1. The molecule has 0 aliphatic carbocycles. The van der Waals surface area contributed by atoms with E-state index in [2.05, 4.69) is 15.3 Å². The molecule has 0 aromatic carbocycles. The molecule has 0 bridgehead atoms. The average Bonchev–Trinajstić information content (AvgIpc) is 2.80. The van der Waals surface area contributed by atoms with Gasteiger partial charge in [0.05, 0.1) is 11.7 Å². The summed E-state index contributed by atoms with van der Waals surface area (Å²) < 4.78 is 13.1. The first-order chi connectivity index (χ1) is 10.4. The Morgan fingerprint density at radius 2 is 2.14 bits per heavy atom. The third-order valence-corrected chi connectivity index (χ3v) is 5.42. The lowest BCUT2D eigenvalue weighted by molar-refractivity contribution is 0.0887. The van der Waals surface area contributed by atoms with Crippen molar-refractivity contribution in [1.82, 2.24) is 19.9 Å². The molecule has 8 heteroatoms. The van der Waals surface area contributed by atoms with Crippen LogP contribution in [0.25, 0.3) is 11.2 Å². The van der Waals surface area contributed by atoms with E-state index in [4.69, 9.17) is 0 Å². The van der Waals surface area contributed by atoms with Gasteiger partial charge >= 0.3 is 0 Å². The van der Waals surface area contributed by atoms with Gasteiger partial charge in [-0.25, -0.2) is 9.97 Å². The van der Waals surface area contributed by atoms with Crippen LogP contribution < -0.4 is 5.32 Å². The Labute approximate surface area is 130 Å². The highest BCUT2D eigenvalue weighted by molar-refractivity contribution is 7.85. The van der Waals surface area contributed by atoms with E-state index in [0.29, 0.717) is 35.5 Å². The predicted octanol–water partition coefficient (Wildman–Crippen LogP) is 0.705. The minimum Gasteiger partial charge on any atom is -0.506 e. The maximum atomic E-state index is 12.5. The highest BCUT2D eigenvalue weighted by Gasteiger charge is 2.32. The summed E-state index contributed by atoms with van der Waals surface area (Å²) in [6.07, 6.45) is 2.68. The molecule has 0 atom stereocenters. The van der Waals surface area contributed by atoms with E-state index in [9.17, 15) is 14.1 Å². The van der Waals surface area contributed by atoms with Gasteiger partial charge in [-0.3, -0.25) is 9.00 Å². The number of amides is 1. The van der Waals surface area contributed by atoms with Gasteiger partial charge in [-0.15, -0.1) is 0 Å². The SMILES string of the molecule is Cn1c(C(=O)NC2(C)CCS(=O)CC2)nc2ncc(O)cc21. The summed E-state index contributed by atoms with van der Waals surface area (Å²) in [6.45, 7) is 1.97. The van der Waals surface area contributed by atoms with Gasteiger partial charge in [0.15, 0.2) is 5.65 Å². The summed E-state index contributed by atoms with van der Waals surface area (Å²) in [5.74, 6) is 1.21. The van der Waals surface area contributed by atoms with Crippen molar-refractivity contribution in [3.05, 3.63) is 18.1 Å². The fourth-order valence-corrected chi connectivity index (χ4v) is 4.18. The summed E-state index contributed by atoms with van der Waals surface area (Å²) in [5, 5.41) is 12.5. The number of hydrogen-bond acceptors (Lipinski definition) is 5. The number of carbonyl (C=O) groups excluding carboxylic acids is 1. The maximum Gasteiger partial charge on any atom is 0.287 e. The minimum absolute atomic E-state index is 0.0316. The molecule has 1 amide bonds. The molecule has 0 spiro atoms. The number of hydrogen-bond donors (Lipinski definition) is 2. The van der Waals surface area contributed by atoms with E-state index < -0.39 is 10.8 Å². The molecule has 1 fully saturated rings. The number of rotatable bonds is 2. The number of fused-ring (bicyclic) bond motifs is 1. The Morgan fingerprint density at radius 3 is 2.82 bits per heavy atom. The van der Waals surface area contributed by atoms with Crippen molar-refractivity contribution < 1.29 is 14.1 Å². The zero-order valence-corrected chi connectivity index (χ0v) is 13.3. The van der Waals surface area contributed by atoms with Crippen LogP contribution in [0.2, 0.25) is 0 Å². The zero-order valence-electron chi connectivity index (χ0n) is 12.5. The lowest BCUT2D eigenvalue weighted by atomic mass is 9.95. The second-order valence-corrected chi connectivity index (χ2v) is 7.59. The van der Waals surface area contributed by atoms with Crippen molar-refractivity contribution in [3.8, 4) is 5.75 Å². The molecule has 22 heavy (non-hydrogen) atoms. The number of imidazole rings is 1. The highest BCUT2D eigenvalue weighted by Crippen LogP contribution is 2.23. The molecular weight excluding hydrogens is 304 g/mol. The van der Waals surface area contributed by atoms with Crippen molar-refractivity contribution in [2.24, 2.45) is 7.05 Å². The zero-order chi connectivity index (χ0) is 15.9. The standard InChI is InChI=1S/C14H18N4O3S/c1-14(3-5-22(21)6-4-14)17-13(20)12-16-11-10(18(12)2)7-9(19)8-15-11/h7-8,19H,3-6H2,1-2H3,(H,17,20). The van der Waals surface area contributed by atoms with Crippen LogP contribution in [0.4, 0.5) is 0 Å². The summed E-state index contributed by atoms with van der Waals surface area (Å²) in [7, 11) is 0.936. The number of aromatic hydroxyl groups is 1. The molecule has 0 saturated carbocycles. The van der Waals surface area contributed by atoms with Crippen molar-refractivity contribution in [1.29, 1.82) is 0 Å². The van der Waals surface area contributed by atoms with Crippen LogP contribution in [0.1, 0.15) is 30.4 Å². The van der Waals surface area contributed by atoms with E-state index in [1.165, 1.54) is 12.3 Å². The van der Waals surface area contributed by atoms with E-state index in [1.54, 1.807) is 11.6 Å². The smallest absolute Gasteiger partial charge is 0.287 e. The van der Waals surface area contributed by atoms with Crippen molar-refractivity contribution in [3.63, 3.8) is 0 Å². The van der Waals surface area contributed by atoms with Gasteiger partial charge < -0.3 is 15.0 Å². The van der Waals surface area contributed by atoms with E-state index >= 15 is 0 Å². The molecule has 2 aromatic rings. The normalized spacial score (nSPS) is 25.3. The van der Waals surface area contributed by atoms with Crippen LogP contribution in [-0.4, -0.2) is 46.8 Å². The van der Waals surface area contributed by atoms with E-state index in [-0.39, 0.29) is 23.0 Å². The topological polar surface area (TPSA) is 97.1 Å². The monoisotopic (exact) mass is 322 g/mol. The maximum absolute atomic E-state index is 12.5. The van der Waals surface area contributed by atoms with E-state index in [0.717, 1.165) is 0 Å². The first kappa shape index (κ1) is 15.0. The summed E-state index contributed by atoms with van der Waals surface area (Å²) in [5.41, 5.74) is 0.652. The van der Waals surface area contributed by atoms with Crippen molar-refractivity contribution in [2.45, 2.75) is 25.3 Å². The summed E-state index contributed by atoms with van der Waals surface area (Å²) >= 11 is 0. The molecule has 3 heterocycles. The molecule has 7 nitrogen and oxygen atoms in total. The summed E-state index contributed by atoms with van der Waals surface area (Å²) in [4.78, 5) is 20.8. The molecule has 0 unspecified atom stereocenters. The van der Waals surface area contributed by atoms with Crippen molar-refractivity contribution in [2.75, 3.05) is 11.5 Å². The molecule has 2 aromatic heterocycles. The number of pyridine rings is 1. The Morgan fingerprint density at radius 1 is 1.45 bits per heavy atom. The van der Waals surface area contributed by atoms with Gasteiger partial charge in [-0.1, -0.05) is 0 Å². The molecule has 1 saturated heterocycles. The number of aryl methyl sites for hydroxylation is 1. The van der Waals surface area contributed by atoms with Gasteiger partial charge in [0.1, 0.15) is 5.75 Å². The van der Waals surface area contributed by atoms with Crippen LogP contribution in [0, 0.1) is 0 Å². The largest absolute Gasteiger partial charge is 0.506 e. The van der Waals surface area contributed by atoms with Gasteiger partial charge in [0, 0.05) is 41.0 Å². The second kappa shape index (κ2) is 5.35. The second-order valence-electron chi connectivity index (χ2n) is 5.89. The summed E-state index contributed by atoms with van der Waals surface area (Å²) in [6, 6.07) is 1.53. The first-order valence-electron chi connectivity index (χ1n) is 7.07. The fraction of sp³-hybridized carbons (Fsp3) is 0.500. The predicted molar refractivity (Wildman–Crippen MR) is 83.2 cm³/mol. The quantitative estimate of drug-likeness (QED) is 0.848. The molecule has 3 rings (SSSR count). The van der Waals surface area contributed by atoms with Gasteiger partial charge in [0.2, 0.25) is 5.82 Å². The average molecular weight is 322 g/mol. The Kier molecular flexibility index (Phi) is 3.64. The first-order valence-corrected chi connectivity index (χ1v) is 8.56. The lowest BCUT2D eigenvalue weighted by Crippen LogP contribution is -2.50. The molecule has 1 aliphatic rings. The van der Waals surface area contributed by atoms with Crippen LogP contribution in [0.3, 0.4) is 0 Å².